The Kier molecular flexibility index (Phi) is 5.54. The third-order valence-electron chi connectivity index (χ3n) is 2.84. The summed E-state index contributed by atoms with van der Waals surface area (Å²) in [7, 11) is -5.40. The fourth-order valence-electron chi connectivity index (χ4n) is 2.04. The van der Waals surface area contributed by atoms with E-state index < -0.39 is 20.2 Å². The quantitative estimate of drug-likeness (QED) is 0.436. The van der Waals surface area contributed by atoms with Crippen LogP contribution in [-0.4, -0.2) is 28.2 Å². The first kappa shape index (κ1) is 18.1. The predicted octanol–water partition coefficient (Wildman–Crippen LogP) is 3.38. The number of hydrogen-bond acceptors (Lipinski definition) is 3. The number of alkyl halides is 3. The van der Waals surface area contributed by atoms with Crippen LogP contribution in [0.2, 0.25) is 0 Å². The van der Waals surface area contributed by atoms with Crippen LogP contribution in [0.25, 0.3) is 0 Å². The average Bonchev–Trinajstić information content (AvgIpc) is 2.39. The van der Waals surface area contributed by atoms with Gasteiger partial charge in [-0.2, -0.15) is 0 Å². The van der Waals surface area contributed by atoms with E-state index in [2.05, 4.69) is 0 Å². The zero-order chi connectivity index (χ0) is 16.2. The van der Waals surface area contributed by atoms with Crippen LogP contribution in [0.4, 0.5) is 17.3 Å². The predicted molar refractivity (Wildman–Crippen MR) is 72.8 cm³/mol. The molecule has 0 spiro atoms. The van der Waals surface area contributed by atoms with E-state index in [4.69, 9.17) is 13.3 Å². The molecule has 0 saturated heterocycles. The Labute approximate surface area is 121 Å². The van der Waals surface area contributed by atoms with Crippen molar-refractivity contribution >= 4 is 13.6 Å². The van der Waals surface area contributed by atoms with Gasteiger partial charge in [-0.15, -0.1) is 0 Å². The van der Waals surface area contributed by atoms with E-state index in [-0.39, 0.29) is 25.0 Å². The summed E-state index contributed by atoms with van der Waals surface area (Å²) in [6.07, 6.45) is -4.49. The van der Waals surface area contributed by atoms with Crippen molar-refractivity contribution in [1.82, 2.24) is 0 Å². The summed E-state index contributed by atoms with van der Waals surface area (Å²) in [5.41, 5.74) is -0.871. The Morgan fingerprint density at radius 1 is 0.857 bits per heavy atom. The minimum atomic E-state index is -5.40. The molecule has 0 fully saturated rings. The van der Waals surface area contributed by atoms with Crippen LogP contribution in [0.1, 0.15) is 26.3 Å². The SMILES string of the molecule is CCO[Si-](F)(OCC)(OCC)c1ccc(C(F)(F)F)cc1. The first-order chi connectivity index (χ1) is 9.70. The van der Waals surface area contributed by atoms with Gasteiger partial charge >= 0.3 is 121 Å². The van der Waals surface area contributed by atoms with E-state index in [1.165, 1.54) is 0 Å². The molecule has 3 nitrogen and oxygen atoms in total. The van der Waals surface area contributed by atoms with Gasteiger partial charge in [0.2, 0.25) is 0 Å². The van der Waals surface area contributed by atoms with Crippen LogP contribution < -0.4 is 5.19 Å². The van der Waals surface area contributed by atoms with Gasteiger partial charge in [0.25, 0.3) is 0 Å². The Bertz CT molecular complexity index is 442. The normalized spacial score (nSPS) is 14.7. The number of halogens is 4. The molecule has 0 aromatic heterocycles. The molecule has 1 rings (SSSR count). The van der Waals surface area contributed by atoms with E-state index in [0.717, 1.165) is 24.3 Å². The molecule has 8 heteroatoms. The van der Waals surface area contributed by atoms with Gasteiger partial charge in [-0.25, -0.2) is 0 Å². The molecule has 0 saturated carbocycles. The summed E-state index contributed by atoms with van der Waals surface area (Å²) in [4.78, 5) is 0. The minimum absolute atomic E-state index is 0.0225. The molecule has 0 bridgehead atoms. The fourth-order valence-corrected chi connectivity index (χ4v) is 4.95. The third kappa shape index (κ3) is 3.82. The van der Waals surface area contributed by atoms with Gasteiger partial charge in [0, 0.05) is 0 Å². The molecule has 0 heterocycles. The second-order valence-electron chi connectivity index (χ2n) is 4.26. The molecule has 122 valence electrons. The van der Waals surface area contributed by atoms with Crippen molar-refractivity contribution < 1.29 is 30.6 Å². The van der Waals surface area contributed by atoms with Gasteiger partial charge in [0.15, 0.2) is 0 Å². The second-order valence-corrected chi connectivity index (χ2v) is 7.46. The van der Waals surface area contributed by atoms with Gasteiger partial charge in [0.05, 0.1) is 0 Å². The molecule has 0 aliphatic rings. The zero-order valence-corrected chi connectivity index (χ0v) is 13.2. The summed E-state index contributed by atoms with van der Waals surface area (Å²) in [6.45, 7) is 4.63. The van der Waals surface area contributed by atoms with E-state index in [9.17, 15) is 13.2 Å². The summed E-state index contributed by atoms with van der Waals surface area (Å²) in [6, 6.07) is 3.60. The van der Waals surface area contributed by atoms with Crippen molar-refractivity contribution in [2.75, 3.05) is 19.8 Å². The van der Waals surface area contributed by atoms with Gasteiger partial charge in [0.1, 0.15) is 0 Å². The van der Waals surface area contributed by atoms with Crippen LogP contribution >= 0.6 is 0 Å². The van der Waals surface area contributed by atoms with E-state index in [1.807, 2.05) is 0 Å². The molecule has 0 aliphatic carbocycles. The van der Waals surface area contributed by atoms with Crippen LogP contribution in [0.3, 0.4) is 0 Å². The number of hydrogen-bond donors (Lipinski definition) is 0. The second kappa shape index (κ2) is 6.43. The summed E-state index contributed by atoms with van der Waals surface area (Å²) in [5.74, 6) is 0. The van der Waals surface area contributed by atoms with Crippen molar-refractivity contribution in [3.63, 3.8) is 0 Å². The third-order valence-corrected chi connectivity index (χ3v) is 6.43. The first-order valence-corrected chi connectivity index (χ1v) is 8.78. The average molecular weight is 327 g/mol. The Hall–Kier alpha value is -0.963. The van der Waals surface area contributed by atoms with Crippen molar-refractivity contribution in [3.8, 4) is 0 Å². The Balaban J connectivity index is 3.32. The van der Waals surface area contributed by atoms with Crippen molar-refractivity contribution in [2.45, 2.75) is 26.9 Å². The summed E-state index contributed by atoms with van der Waals surface area (Å²) in [5, 5.41) is -0.131. The maximum atomic E-state index is 15.5. The molecule has 0 atom stereocenters. The zero-order valence-electron chi connectivity index (χ0n) is 12.2. The summed E-state index contributed by atoms with van der Waals surface area (Å²) >= 11 is 0. The van der Waals surface area contributed by atoms with Crippen LogP contribution in [0, 0.1) is 0 Å². The van der Waals surface area contributed by atoms with Crippen LogP contribution in [0.15, 0.2) is 24.3 Å². The van der Waals surface area contributed by atoms with Gasteiger partial charge in [-0.3, -0.25) is 0 Å². The Morgan fingerprint density at radius 2 is 1.24 bits per heavy atom. The molecule has 0 unspecified atom stereocenters. The van der Waals surface area contributed by atoms with Gasteiger partial charge in [-0.1, -0.05) is 0 Å². The van der Waals surface area contributed by atoms with Crippen molar-refractivity contribution in [1.29, 1.82) is 0 Å². The van der Waals surface area contributed by atoms with E-state index in [1.54, 1.807) is 20.8 Å². The Morgan fingerprint density at radius 3 is 1.52 bits per heavy atom. The van der Waals surface area contributed by atoms with E-state index in [0.29, 0.717) is 0 Å². The molecule has 1 aromatic rings. The van der Waals surface area contributed by atoms with Crippen molar-refractivity contribution in [2.24, 2.45) is 0 Å². The maximum absolute atomic E-state index is 15.5. The monoisotopic (exact) mass is 327 g/mol. The van der Waals surface area contributed by atoms with Gasteiger partial charge in [-0.05, 0) is 0 Å². The fraction of sp³-hybridized carbons (Fsp3) is 0.538. The van der Waals surface area contributed by atoms with Crippen LogP contribution in [-0.2, 0) is 19.5 Å². The molecule has 1 aromatic carbocycles. The summed E-state index contributed by atoms with van der Waals surface area (Å²) < 4.78 is 68.8. The first-order valence-electron chi connectivity index (χ1n) is 6.68. The number of benzene rings is 1. The molecule has 0 radical (unpaired) electrons. The molecule has 0 amide bonds. The molecule has 21 heavy (non-hydrogen) atoms. The molecular weight excluding hydrogens is 308 g/mol. The van der Waals surface area contributed by atoms with Crippen molar-refractivity contribution in [3.05, 3.63) is 29.8 Å². The van der Waals surface area contributed by atoms with Crippen LogP contribution in [0.5, 0.6) is 0 Å². The van der Waals surface area contributed by atoms with Gasteiger partial charge < -0.3 is 0 Å². The topological polar surface area (TPSA) is 27.7 Å². The molecular formula is C13H19F4O3Si-. The van der Waals surface area contributed by atoms with E-state index >= 15 is 4.11 Å². The number of rotatable bonds is 7. The molecule has 0 N–H and O–H groups in total. The molecule has 0 aliphatic heterocycles. The standard InChI is InChI=1S/C13H19F4O3Si/c1-4-18-21(17,19-5-2,20-6-3)12-9-7-11(8-10-12)13(14,15)16/h7-10H,4-6H2,1-3H3/q-1.